The lowest BCUT2D eigenvalue weighted by atomic mass is 9.72. The molecule has 3 heterocycles. The Labute approximate surface area is 105 Å². The predicted octanol–water partition coefficient (Wildman–Crippen LogP) is 0.801. The highest BCUT2D eigenvalue weighted by Gasteiger charge is 2.46. The number of rotatable bonds is 5. The van der Waals surface area contributed by atoms with Crippen molar-refractivity contribution in [3.8, 4) is 12.3 Å². The minimum absolute atomic E-state index is 0.0721. The summed E-state index contributed by atoms with van der Waals surface area (Å²) in [6.07, 6.45) is 10.3. The molecule has 2 unspecified atom stereocenters. The van der Waals surface area contributed by atoms with E-state index in [0.29, 0.717) is 12.5 Å². The molecule has 0 aliphatic carbocycles. The molecule has 3 nitrogen and oxygen atoms in total. The molecule has 3 aliphatic heterocycles. The Morgan fingerprint density at radius 2 is 2.24 bits per heavy atom. The standard InChI is InChI=1S/C14H25N3/c1-3-5-13(4-2)16-14(10-15)11-17-8-6-12(14)7-9-17/h2,12-13,16H,3,5-11,15H2,1H3. The molecule has 0 aromatic heterocycles. The first-order chi connectivity index (χ1) is 8.24. The maximum atomic E-state index is 6.07. The van der Waals surface area contributed by atoms with Crippen molar-refractivity contribution in [1.29, 1.82) is 0 Å². The Morgan fingerprint density at radius 3 is 2.65 bits per heavy atom. The van der Waals surface area contributed by atoms with E-state index in [2.05, 4.69) is 23.1 Å². The number of hydrogen-bond donors (Lipinski definition) is 2. The van der Waals surface area contributed by atoms with Crippen LogP contribution in [0.3, 0.4) is 0 Å². The molecular weight excluding hydrogens is 210 g/mol. The van der Waals surface area contributed by atoms with E-state index in [9.17, 15) is 0 Å². The van der Waals surface area contributed by atoms with Gasteiger partial charge in [0.15, 0.2) is 0 Å². The van der Waals surface area contributed by atoms with Crippen molar-refractivity contribution < 1.29 is 0 Å². The zero-order valence-electron chi connectivity index (χ0n) is 10.9. The van der Waals surface area contributed by atoms with Gasteiger partial charge in [-0.25, -0.2) is 0 Å². The van der Waals surface area contributed by atoms with E-state index < -0.39 is 0 Å². The van der Waals surface area contributed by atoms with Gasteiger partial charge in [-0.05, 0) is 38.3 Å². The van der Waals surface area contributed by atoms with Gasteiger partial charge in [0.25, 0.3) is 0 Å². The van der Waals surface area contributed by atoms with E-state index in [1.54, 1.807) is 0 Å². The highest BCUT2D eigenvalue weighted by atomic mass is 15.2. The van der Waals surface area contributed by atoms with Crippen LogP contribution in [-0.4, -0.2) is 42.7 Å². The normalized spacial score (nSPS) is 37.7. The summed E-state index contributed by atoms with van der Waals surface area (Å²) in [5.74, 6) is 3.60. The first kappa shape index (κ1) is 12.9. The highest BCUT2D eigenvalue weighted by molar-refractivity contribution is 5.10. The third-order valence-electron chi connectivity index (χ3n) is 4.48. The molecule has 2 bridgehead atoms. The van der Waals surface area contributed by atoms with Gasteiger partial charge < -0.3 is 10.6 Å². The second kappa shape index (κ2) is 5.39. The minimum Gasteiger partial charge on any atom is -0.329 e. The maximum Gasteiger partial charge on any atom is 0.0692 e. The van der Waals surface area contributed by atoms with Crippen molar-refractivity contribution in [3.05, 3.63) is 0 Å². The average molecular weight is 235 g/mol. The van der Waals surface area contributed by atoms with Crippen LogP contribution in [0.15, 0.2) is 0 Å². The number of nitrogens with one attached hydrogen (secondary N) is 1. The number of piperidine rings is 3. The van der Waals surface area contributed by atoms with E-state index in [4.69, 9.17) is 12.2 Å². The van der Waals surface area contributed by atoms with Crippen molar-refractivity contribution in [1.82, 2.24) is 10.2 Å². The second-order valence-corrected chi connectivity index (χ2v) is 5.56. The van der Waals surface area contributed by atoms with Crippen LogP contribution in [0, 0.1) is 18.3 Å². The van der Waals surface area contributed by atoms with Gasteiger partial charge in [-0.2, -0.15) is 0 Å². The fraction of sp³-hybridized carbons (Fsp3) is 0.857. The Morgan fingerprint density at radius 1 is 1.53 bits per heavy atom. The van der Waals surface area contributed by atoms with E-state index in [1.807, 2.05) is 0 Å². The van der Waals surface area contributed by atoms with E-state index in [-0.39, 0.29) is 11.6 Å². The van der Waals surface area contributed by atoms with E-state index >= 15 is 0 Å². The fourth-order valence-electron chi connectivity index (χ4n) is 3.46. The second-order valence-electron chi connectivity index (χ2n) is 5.56. The molecule has 96 valence electrons. The summed E-state index contributed by atoms with van der Waals surface area (Å²) in [5.41, 5.74) is 6.14. The molecule has 3 saturated heterocycles. The van der Waals surface area contributed by atoms with Crippen molar-refractivity contribution in [2.24, 2.45) is 11.7 Å². The Balaban J connectivity index is 2.07. The number of nitrogens with zero attached hydrogens (tertiary/aromatic N) is 1. The summed E-state index contributed by atoms with van der Waals surface area (Å²) in [4.78, 5) is 2.53. The first-order valence-electron chi connectivity index (χ1n) is 6.90. The summed E-state index contributed by atoms with van der Waals surface area (Å²) in [6.45, 7) is 6.44. The van der Waals surface area contributed by atoms with Crippen molar-refractivity contribution in [2.75, 3.05) is 26.2 Å². The summed E-state index contributed by atoms with van der Waals surface area (Å²) in [5, 5.41) is 3.70. The third-order valence-corrected chi connectivity index (χ3v) is 4.48. The number of terminal acetylenes is 1. The molecule has 2 atom stereocenters. The summed E-state index contributed by atoms with van der Waals surface area (Å²) in [7, 11) is 0. The van der Waals surface area contributed by atoms with E-state index in [0.717, 1.165) is 19.4 Å². The van der Waals surface area contributed by atoms with Gasteiger partial charge in [0, 0.05) is 18.6 Å². The van der Waals surface area contributed by atoms with Crippen LogP contribution >= 0.6 is 0 Å². The molecule has 3 rings (SSSR count). The molecule has 17 heavy (non-hydrogen) atoms. The Hall–Kier alpha value is -0.560. The van der Waals surface area contributed by atoms with Crippen LogP contribution in [0.25, 0.3) is 0 Å². The smallest absolute Gasteiger partial charge is 0.0692 e. The average Bonchev–Trinajstić information content (AvgIpc) is 2.39. The SMILES string of the molecule is C#CC(CCC)NC1(CN)CN2CCC1CC2. The molecule has 3 heteroatoms. The van der Waals surface area contributed by atoms with E-state index in [1.165, 1.54) is 25.9 Å². The molecule has 0 aromatic carbocycles. The van der Waals surface area contributed by atoms with Crippen LogP contribution < -0.4 is 11.1 Å². The topological polar surface area (TPSA) is 41.3 Å². The molecule has 0 radical (unpaired) electrons. The van der Waals surface area contributed by atoms with Gasteiger partial charge >= 0.3 is 0 Å². The number of nitrogens with two attached hydrogens (primary N) is 1. The monoisotopic (exact) mass is 235 g/mol. The molecule has 0 spiro atoms. The van der Waals surface area contributed by atoms with Gasteiger partial charge in [0.2, 0.25) is 0 Å². The molecule has 3 aliphatic rings. The fourth-order valence-corrected chi connectivity index (χ4v) is 3.46. The highest BCUT2D eigenvalue weighted by Crippen LogP contribution is 2.35. The van der Waals surface area contributed by atoms with Crippen LogP contribution in [0.4, 0.5) is 0 Å². The lowest BCUT2D eigenvalue weighted by Gasteiger charge is -2.54. The minimum atomic E-state index is 0.0721. The molecule has 0 saturated carbocycles. The van der Waals surface area contributed by atoms with Crippen molar-refractivity contribution in [3.63, 3.8) is 0 Å². The molecular formula is C14H25N3. The summed E-state index contributed by atoms with van der Waals surface area (Å²) in [6, 6.07) is 0.184. The van der Waals surface area contributed by atoms with Gasteiger partial charge in [-0.3, -0.25) is 5.32 Å². The van der Waals surface area contributed by atoms with Gasteiger partial charge in [0.1, 0.15) is 0 Å². The quantitative estimate of drug-likeness (QED) is 0.693. The van der Waals surface area contributed by atoms with Crippen LogP contribution in [0.5, 0.6) is 0 Å². The molecule has 3 fully saturated rings. The van der Waals surface area contributed by atoms with Crippen molar-refractivity contribution in [2.45, 2.75) is 44.2 Å². The summed E-state index contributed by atoms with van der Waals surface area (Å²) >= 11 is 0. The van der Waals surface area contributed by atoms with Gasteiger partial charge in [-0.1, -0.05) is 19.3 Å². The first-order valence-corrected chi connectivity index (χ1v) is 6.90. The lowest BCUT2D eigenvalue weighted by Crippen LogP contribution is -2.70. The number of fused-ring (bicyclic) bond motifs is 3. The van der Waals surface area contributed by atoms with Crippen LogP contribution in [-0.2, 0) is 0 Å². The van der Waals surface area contributed by atoms with Crippen LogP contribution in [0.1, 0.15) is 32.6 Å². The van der Waals surface area contributed by atoms with Gasteiger partial charge in [0.05, 0.1) is 6.04 Å². The lowest BCUT2D eigenvalue weighted by molar-refractivity contribution is 0.00727. The predicted molar refractivity (Wildman–Crippen MR) is 71.6 cm³/mol. The van der Waals surface area contributed by atoms with Crippen molar-refractivity contribution >= 4 is 0 Å². The Kier molecular flexibility index (Phi) is 4.09. The maximum absolute atomic E-state index is 6.07. The number of hydrogen-bond acceptors (Lipinski definition) is 3. The molecule has 0 amide bonds. The summed E-state index contributed by atoms with van der Waals surface area (Å²) < 4.78 is 0. The largest absolute Gasteiger partial charge is 0.329 e. The zero-order chi connectivity index (χ0) is 12.3. The Bertz CT molecular complexity index is 288. The molecule has 3 N–H and O–H groups in total. The zero-order valence-corrected chi connectivity index (χ0v) is 10.9. The van der Waals surface area contributed by atoms with Gasteiger partial charge in [-0.15, -0.1) is 6.42 Å². The van der Waals surface area contributed by atoms with Crippen LogP contribution in [0.2, 0.25) is 0 Å². The molecule has 0 aromatic rings. The third kappa shape index (κ3) is 2.49.